The zero-order chi connectivity index (χ0) is 15.8. The molecule has 5 nitrogen and oxygen atoms in total. The van der Waals surface area contributed by atoms with Gasteiger partial charge in [-0.05, 0) is 44.0 Å². The highest BCUT2D eigenvalue weighted by Gasteiger charge is 2.16. The minimum atomic E-state index is -3.44. The third-order valence-corrected chi connectivity index (χ3v) is 6.22. The van der Waals surface area contributed by atoms with E-state index in [9.17, 15) is 8.42 Å². The fourth-order valence-corrected chi connectivity index (χ4v) is 4.45. The minimum absolute atomic E-state index is 0.270. The normalized spacial score (nSPS) is 16.6. The summed E-state index contributed by atoms with van der Waals surface area (Å²) in [4.78, 5) is 0.270. The predicted molar refractivity (Wildman–Crippen MR) is 89.1 cm³/mol. The molecule has 124 valence electrons. The van der Waals surface area contributed by atoms with Crippen molar-refractivity contribution in [3.63, 3.8) is 0 Å². The number of ether oxygens (including phenoxy) is 2. The van der Waals surface area contributed by atoms with Crippen LogP contribution in [0.3, 0.4) is 0 Å². The van der Waals surface area contributed by atoms with Crippen LogP contribution in [0, 0.1) is 0 Å². The molecule has 7 heteroatoms. The average molecular weight is 345 g/mol. The van der Waals surface area contributed by atoms with Crippen molar-refractivity contribution in [2.24, 2.45) is 0 Å². The van der Waals surface area contributed by atoms with Crippen LogP contribution in [-0.4, -0.2) is 45.8 Å². The van der Waals surface area contributed by atoms with E-state index in [1.165, 1.54) is 0 Å². The monoisotopic (exact) mass is 345 g/mol. The topological polar surface area (TPSA) is 64.6 Å². The van der Waals surface area contributed by atoms with Crippen LogP contribution in [0.25, 0.3) is 0 Å². The predicted octanol–water partition coefficient (Wildman–Crippen LogP) is 2.28. The molecule has 1 N–H and O–H groups in total. The number of sulfonamides is 1. The van der Waals surface area contributed by atoms with Crippen LogP contribution < -0.4 is 9.46 Å². The van der Waals surface area contributed by atoms with Gasteiger partial charge in [-0.2, -0.15) is 11.8 Å². The van der Waals surface area contributed by atoms with Gasteiger partial charge in [0.25, 0.3) is 0 Å². The van der Waals surface area contributed by atoms with E-state index in [1.54, 1.807) is 24.3 Å². The van der Waals surface area contributed by atoms with Gasteiger partial charge in [0, 0.05) is 30.8 Å². The zero-order valence-electron chi connectivity index (χ0n) is 12.8. The molecule has 1 aromatic carbocycles. The number of thioether (sulfide) groups is 1. The van der Waals surface area contributed by atoms with E-state index in [0.717, 1.165) is 31.8 Å². The molecule has 1 aliphatic rings. The fraction of sp³-hybridized carbons (Fsp3) is 0.600. The maximum atomic E-state index is 12.2. The summed E-state index contributed by atoms with van der Waals surface area (Å²) in [7, 11) is -3.44. The molecule has 0 saturated carbocycles. The van der Waals surface area contributed by atoms with Crippen LogP contribution in [0.5, 0.6) is 5.75 Å². The lowest BCUT2D eigenvalue weighted by Gasteiger charge is -2.21. The van der Waals surface area contributed by atoms with E-state index in [-0.39, 0.29) is 4.90 Å². The fourth-order valence-electron chi connectivity index (χ4n) is 2.21. The van der Waals surface area contributed by atoms with Gasteiger partial charge in [-0.3, -0.25) is 0 Å². The number of nitrogens with one attached hydrogen (secondary N) is 1. The third kappa shape index (κ3) is 5.46. The Morgan fingerprint density at radius 2 is 1.95 bits per heavy atom. The summed E-state index contributed by atoms with van der Waals surface area (Å²) in [5.74, 6) is 1.46. The van der Waals surface area contributed by atoms with Crippen molar-refractivity contribution in [2.45, 2.75) is 29.9 Å². The molecule has 0 aromatic heterocycles. The number of hydrogen-bond donors (Lipinski definition) is 1. The summed E-state index contributed by atoms with van der Waals surface area (Å²) < 4.78 is 37.6. The lowest BCUT2D eigenvalue weighted by Crippen LogP contribution is -2.27. The summed E-state index contributed by atoms with van der Waals surface area (Å²) >= 11 is 1.82. The number of rotatable bonds is 8. The standard InChI is InChI=1S/C15H23NO4S2/c1-2-20-13-3-5-15(6-4-13)22(17,18)16-9-12-21-14-7-10-19-11-8-14/h3-6,14,16H,2,7-12H2,1H3. The maximum absolute atomic E-state index is 12.2. The first-order chi connectivity index (χ1) is 10.6. The summed E-state index contributed by atoms with van der Waals surface area (Å²) in [6.45, 7) is 4.53. The third-order valence-electron chi connectivity index (χ3n) is 3.36. The van der Waals surface area contributed by atoms with Crippen molar-refractivity contribution in [1.29, 1.82) is 0 Å². The molecular weight excluding hydrogens is 322 g/mol. The molecule has 1 fully saturated rings. The first kappa shape index (κ1) is 17.6. The van der Waals surface area contributed by atoms with E-state index >= 15 is 0 Å². The van der Waals surface area contributed by atoms with Crippen molar-refractivity contribution in [2.75, 3.05) is 32.1 Å². The van der Waals surface area contributed by atoms with E-state index in [1.807, 2.05) is 18.7 Å². The molecule has 0 radical (unpaired) electrons. The van der Waals surface area contributed by atoms with E-state index in [4.69, 9.17) is 9.47 Å². The minimum Gasteiger partial charge on any atom is -0.494 e. The Bertz CT molecular complexity index is 539. The smallest absolute Gasteiger partial charge is 0.240 e. The molecular formula is C15H23NO4S2. The Kier molecular flexibility index (Phi) is 7.01. The molecule has 1 heterocycles. The first-order valence-electron chi connectivity index (χ1n) is 7.53. The highest BCUT2D eigenvalue weighted by atomic mass is 32.2. The summed E-state index contributed by atoms with van der Waals surface area (Å²) in [5.41, 5.74) is 0. The van der Waals surface area contributed by atoms with Gasteiger partial charge in [0.05, 0.1) is 11.5 Å². The molecule has 1 saturated heterocycles. The molecule has 0 atom stereocenters. The van der Waals surface area contributed by atoms with Gasteiger partial charge < -0.3 is 9.47 Å². The van der Waals surface area contributed by atoms with Crippen LogP contribution in [0.1, 0.15) is 19.8 Å². The van der Waals surface area contributed by atoms with Gasteiger partial charge in [-0.25, -0.2) is 13.1 Å². The second kappa shape index (κ2) is 8.76. The van der Waals surface area contributed by atoms with Gasteiger partial charge in [-0.1, -0.05) is 0 Å². The first-order valence-corrected chi connectivity index (χ1v) is 10.1. The van der Waals surface area contributed by atoms with Crippen molar-refractivity contribution in [3.05, 3.63) is 24.3 Å². The van der Waals surface area contributed by atoms with Gasteiger partial charge >= 0.3 is 0 Å². The zero-order valence-corrected chi connectivity index (χ0v) is 14.4. The second-order valence-electron chi connectivity index (χ2n) is 4.98. The Labute approximate surface area is 136 Å². The highest BCUT2D eigenvalue weighted by molar-refractivity contribution is 8.00. The van der Waals surface area contributed by atoms with Gasteiger partial charge in [0.15, 0.2) is 0 Å². The van der Waals surface area contributed by atoms with Crippen LogP contribution in [0.2, 0.25) is 0 Å². The highest BCUT2D eigenvalue weighted by Crippen LogP contribution is 2.21. The van der Waals surface area contributed by atoms with Gasteiger partial charge in [-0.15, -0.1) is 0 Å². The molecule has 0 aliphatic carbocycles. The van der Waals surface area contributed by atoms with Gasteiger partial charge in [0.2, 0.25) is 10.0 Å². The quantitative estimate of drug-likeness (QED) is 0.732. The molecule has 0 amide bonds. The molecule has 2 rings (SSSR count). The summed E-state index contributed by atoms with van der Waals surface area (Å²) in [5, 5.41) is 0.587. The Morgan fingerprint density at radius 1 is 1.27 bits per heavy atom. The molecule has 0 bridgehead atoms. The van der Waals surface area contributed by atoms with Crippen LogP contribution in [0.15, 0.2) is 29.2 Å². The van der Waals surface area contributed by atoms with Crippen molar-refractivity contribution >= 4 is 21.8 Å². The SMILES string of the molecule is CCOc1ccc(S(=O)(=O)NCCSC2CCOCC2)cc1. The van der Waals surface area contributed by atoms with Crippen molar-refractivity contribution in [3.8, 4) is 5.75 Å². The molecule has 22 heavy (non-hydrogen) atoms. The Hall–Kier alpha value is -0.760. The summed E-state index contributed by atoms with van der Waals surface area (Å²) in [6, 6.07) is 6.49. The van der Waals surface area contributed by atoms with Crippen molar-refractivity contribution in [1.82, 2.24) is 4.72 Å². The maximum Gasteiger partial charge on any atom is 0.240 e. The average Bonchev–Trinajstić information content (AvgIpc) is 2.53. The van der Waals surface area contributed by atoms with E-state index in [2.05, 4.69) is 4.72 Å². The summed E-state index contributed by atoms with van der Waals surface area (Å²) in [6.07, 6.45) is 2.10. The van der Waals surface area contributed by atoms with Gasteiger partial charge in [0.1, 0.15) is 5.75 Å². The van der Waals surface area contributed by atoms with Crippen LogP contribution >= 0.6 is 11.8 Å². The van der Waals surface area contributed by atoms with E-state index < -0.39 is 10.0 Å². The van der Waals surface area contributed by atoms with E-state index in [0.29, 0.717) is 24.2 Å². The molecule has 1 aromatic rings. The molecule has 1 aliphatic heterocycles. The number of benzene rings is 1. The van der Waals surface area contributed by atoms with Crippen molar-refractivity contribution < 1.29 is 17.9 Å². The Balaban J connectivity index is 1.77. The molecule has 0 spiro atoms. The van der Waals surface area contributed by atoms with Crippen LogP contribution in [0.4, 0.5) is 0 Å². The Morgan fingerprint density at radius 3 is 2.59 bits per heavy atom. The lowest BCUT2D eigenvalue weighted by atomic mass is 10.2. The second-order valence-corrected chi connectivity index (χ2v) is 8.16. The van der Waals surface area contributed by atoms with Crippen LogP contribution in [-0.2, 0) is 14.8 Å². The molecule has 0 unspecified atom stereocenters. The largest absolute Gasteiger partial charge is 0.494 e. The number of hydrogen-bond acceptors (Lipinski definition) is 5. The lowest BCUT2D eigenvalue weighted by molar-refractivity contribution is 0.100.